The highest BCUT2D eigenvalue weighted by Crippen LogP contribution is 2.26. The van der Waals surface area contributed by atoms with Crippen LogP contribution in [-0.4, -0.2) is 11.5 Å². The van der Waals surface area contributed by atoms with Crippen molar-refractivity contribution in [3.05, 3.63) is 41.9 Å². The number of aromatic nitrogens is 1. The summed E-state index contributed by atoms with van der Waals surface area (Å²) in [6.45, 7) is 10.3. The highest BCUT2D eigenvalue weighted by atomic mass is 16.4. The first-order valence-electron chi connectivity index (χ1n) is 6.77. The molecule has 0 aliphatic carbocycles. The van der Waals surface area contributed by atoms with Crippen LogP contribution in [0.25, 0.3) is 11.3 Å². The average Bonchev–Trinajstić information content (AvgIpc) is 2.84. The number of oxazole rings is 1. The molecule has 0 aliphatic heterocycles. The maximum Gasteiger partial charge on any atom is 0.208 e. The quantitative estimate of drug-likeness (QED) is 0.907. The van der Waals surface area contributed by atoms with Gasteiger partial charge in [-0.25, -0.2) is 4.98 Å². The van der Waals surface area contributed by atoms with E-state index < -0.39 is 0 Å². The topological polar surface area (TPSA) is 38.1 Å². The minimum Gasteiger partial charge on any atom is -0.439 e. The largest absolute Gasteiger partial charge is 0.439 e. The van der Waals surface area contributed by atoms with E-state index in [0.717, 1.165) is 23.8 Å². The Kier molecular flexibility index (Phi) is 4.05. The van der Waals surface area contributed by atoms with Gasteiger partial charge in [0.05, 0.1) is 12.7 Å². The fourth-order valence-electron chi connectivity index (χ4n) is 1.89. The van der Waals surface area contributed by atoms with Crippen molar-refractivity contribution < 1.29 is 4.42 Å². The first-order valence-corrected chi connectivity index (χ1v) is 6.77. The Bertz CT molecular complexity index is 520. The van der Waals surface area contributed by atoms with Crippen LogP contribution in [0.4, 0.5) is 0 Å². The molecule has 0 saturated carbocycles. The van der Waals surface area contributed by atoms with Crippen molar-refractivity contribution in [2.45, 2.75) is 39.7 Å². The maximum atomic E-state index is 5.72. The Morgan fingerprint density at radius 2 is 1.84 bits per heavy atom. The average molecular weight is 258 g/mol. The van der Waals surface area contributed by atoms with Gasteiger partial charge >= 0.3 is 0 Å². The third-order valence-electron chi connectivity index (χ3n) is 3.12. The van der Waals surface area contributed by atoms with Crippen molar-refractivity contribution in [1.82, 2.24) is 10.3 Å². The van der Waals surface area contributed by atoms with E-state index >= 15 is 0 Å². The van der Waals surface area contributed by atoms with Crippen LogP contribution in [-0.2, 0) is 12.0 Å². The number of nitrogens with zero attached hydrogens (tertiary/aromatic N) is 1. The van der Waals surface area contributed by atoms with E-state index in [0.29, 0.717) is 6.54 Å². The summed E-state index contributed by atoms with van der Waals surface area (Å²) in [5, 5.41) is 3.20. The Hall–Kier alpha value is -1.61. The molecule has 0 saturated heterocycles. The smallest absolute Gasteiger partial charge is 0.208 e. The molecule has 19 heavy (non-hydrogen) atoms. The number of hydrogen-bond donors (Lipinski definition) is 1. The summed E-state index contributed by atoms with van der Waals surface area (Å²) in [4.78, 5) is 4.27. The van der Waals surface area contributed by atoms with Gasteiger partial charge in [-0.15, -0.1) is 0 Å². The second-order valence-electron chi connectivity index (χ2n) is 5.73. The third kappa shape index (κ3) is 3.44. The minimum absolute atomic E-state index is 0.177. The van der Waals surface area contributed by atoms with Crippen molar-refractivity contribution in [3.63, 3.8) is 0 Å². The molecule has 0 spiro atoms. The van der Waals surface area contributed by atoms with E-state index in [-0.39, 0.29) is 5.41 Å². The Balaban J connectivity index is 2.16. The van der Waals surface area contributed by atoms with E-state index in [1.165, 1.54) is 5.56 Å². The zero-order valence-electron chi connectivity index (χ0n) is 12.2. The summed E-state index contributed by atoms with van der Waals surface area (Å²) in [5.74, 6) is 1.56. The first-order chi connectivity index (χ1) is 9.00. The molecule has 3 nitrogen and oxygen atoms in total. The van der Waals surface area contributed by atoms with Crippen LogP contribution in [0.15, 0.2) is 34.9 Å². The second-order valence-corrected chi connectivity index (χ2v) is 5.73. The molecule has 0 amide bonds. The van der Waals surface area contributed by atoms with Crippen LogP contribution < -0.4 is 5.32 Å². The lowest BCUT2D eigenvalue weighted by Gasteiger charge is -2.18. The van der Waals surface area contributed by atoms with Gasteiger partial charge in [0.15, 0.2) is 5.76 Å². The van der Waals surface area contributed by atoms with Crippen molar-refractivity contribution >= 4 is 0 Å². The lowest BCUT2D eigenvalue weighted by molar-refractivity contribution is 0.482. The van der Waals surface area contributed by atoms with Gasteiger partial charge in [-0.1, -0.05) is 52.0 Å². The van der Waals surface area contributed by atoms with Gasteiger partial charge in [0, 0.05) is 5.56 Å². The van der Waals surface area contributed by atoms with Crippen molar-refractivity contribution in [1.29, 1.82) is 0 Å². The molecule has 0 bridgehead atoms. The minimum atomic E-state index is 0.177. The second kappa shape index (κ2) is 5.57. The number of nitrogens with one attached hydrogen (secondary N) is 1. The molecule has 102 valence electrons. The molecule has 0 radical (unpaired) electrons. The molecule has 2 aromatic rings. The van der Waals surface area contributed by atoms with Gasteiger partial charge in [-0.2, -0.15) is 0 Å². The van der Waals surface area contributed by atoms with E-state index in [9.17, 15) is 0 Å². The molecule has 0 aliphatic rings. The van der Waals surface area contributed by atoms with Gasteiger partial charge in [0.2, 0.25) is 5.89 Å². The summed E-state index contributed by atoms with van der Waals surface area (Å²) in [6.07, 6.45) is 1.79. The SMILES string of the molecule is CCNCc1ncc(-c2ccc(C(C)(C)C)cc2)o1. The van der Waals surface area contributed by atoms with Crippen LogP contribution in [0.2, 0.25) is 0 Å². The standard InChI is InChI=1S/C16H22N2O/c1-5-17-11-15-18-10-14(19-15)12-6-8-13(9-7-12)16(2,3)4/h6-10,17H,5,11H2,1-4H3. The fraction of sp³-hybridized carbons (Fsp3) is 0.438. The van der Waals surface area contributed by atoms with Crippen molar-refractivity contribution in [3.8, 4) is 11.3 Å². The van der Waals surface area contributed by atoms with Crippen LogP contribution in [0.5, 0.6) is 0 Å². The van der Waals surface area contributed by atoms with E-state index in [4.69, 9.17) is 4.42 Å². The highest BCUT2D eigenvalue weighted by molar-refractivity contribution is 5.57. The first kappa shape index (κ1) is 13.8. The molecule has 1 aromatic carbocycles. The molecular formula is C16H22N2O. The van der Waals surface area contributed by atoms with Gasteiger partial charge < -0.3 is 9.73 Å². The van der Waals surface area contributed by atoms with Crippen LogP contribution >= 0.6 is 0 Å². The molecule has 0 atom stereocenters. The Morgan fingerprint density at radius 3 is 2.42 bits per heavy atom. The van der Waals surface area contributed by atoms with Crippen molar-refractivity contribution in [2.24, 2.45) is 0 Å². The summed E-state index contributed by atoms with van der Waals surface area (Å²) >= 11 is 0. The molecule has 0 unspecified atom stereocenters. The van der Waals surface area contributed by atoms with Crippen LogP contribution in [0.1, 0.15) is 39.1 Å². The number of rotatable bonds is 4. The van der Waals surface area contributed by atoms with Crippen LogP contribution in [0, 0.1) is 0 Å². The van der Waals surface area contributed by atoms with Gasteiger partial charge in [0.1, 0.15) is 0 Å². The molecule has 1 aromatic heterocycles. The third-order valence-corrected chi connectivity index (χ3v) is 3.12. The molecule has 1 heterocycles. The lowest BCUT2D eigenvalue weighted by atomic mass is 9.86. The monoisotopic (exact) mass is 258 g/mol. The van der Waals surface area contributed by atoms with Gasteiger partial charge in [-0.05, 0) is 17.5 Å². The zero-order valence-corrected chi connectivity index (χ0v) is 12.2. The Morgan fingerprint density at radius 1 is 1.16 bits per heavy atom. The van der Waals surface area contributed by atoms with E-state index in [2.05, 4.69) is 62.3 Å². The maximum absolute atomic E-state index is 5.72. The Labute approximate surface area is 115 Å². The molecule has 2 rings (SSSR count). The van der Waals surface area contributed by atoms with Crippen LogP contribution in [0.3, 0.4) is 0 Å². The molecule has 1 N–H and O–H groups in total. The van der Waals surface area contributed by atoms with Gasteiger partial charge in [-0.3, -0.25) is 0 Å². The lowest BCUT2D eigenvalue weighted by Crippen LogP contribution is -2.11. The number of benzene rings is 1. The molecule has 0 fully saturated rings. The summed E-state index contributed by atoms with van der Waals surface area (Å²) in [6, 6.07) is 8.50. The predicted octanol–water partition coefficient (Wildman–Crippen LogP) is 3.75. The van der Waals surface area contributed by atoms with Crippen molar-refractivity contribution in [2.75, 3.05) is 6.54 Å². The normalized spacial score (nSPS) is 11.8. The van der Waals surface area contributed by atoms with Gasteiger partial charge in [0.25, 0.3) is 0 Å². The predicted molar refractivity (Wildman–Crippen MR) is 78.0 cm³/mol. The fourth-order valence-corrected chi connectivity index (χ4v) is 1.89. The summed E-state index contributed by atoms with van der Waals surface area (Å²) < 4.78 is 5.72. The highest BCUT2D eigenvalue weighted by Gasteiger charge is 2.13. The molecular weight excluding hydrogens is 236 g/mol. The number of hydrogen-bond acceptors (Lipinski definition) is 3. The molecule has 3 heteroatoms. The zero-order chi connectivity index (χ0) is 13.9. The van der Waals surface area contributed by atoms with E-state index in [1.54, 1.807) is 6.20 Å². The summed E-state index contributed by atoms with van der Waals surface area (Å²) in [5.41, 5.74) is 2.57. The van der Waals surface area contributed by atoms with E-state index in [1.807, 2.05) is 0 Å². The summed E-state index contributed by atoms with van der Waals surface area (Å²) in [7, 11) is 0.